The van der Waals surface area contributed by atoms with Crippen LogP contribution in [0.15, 0.2) is 0 Å². The number of carbonyl (C=O) groups is 1. The summed E-state index contributed by atoms with van der Waals surface area (Å²) >= 11 is 7.01. The van der Waals surface area contributed by atoms with Crippen LogP contribution in [0.3, 0.4) is 0 Å². The van der Waals surface area contributed by atoms with Crippen LogP contribution in [0.4, 0.5) is 5.13 Å². The van der Waals surface area contributed by atoms with E-state index in [0.29, 0.717) is 11.0 Å². The van der Waals surface area contributed by atoms with Gasteiger partial charge in [0.25, 0.3) is 0 Å². The van der Waals surface area contributed by atoms with E-state index in [4.69, 9.17) is 11.6 Å². The Bertz CT molecular complexity index is 338. The lowest BCUT2D eigenvalue weighted by molar-refractivity contribution is -0.115. The van der Waals surface area contributed by atoms with Gasteiger partial charge < -0.3 is 0 Å². The van der Waals surface area contributed by atoms with Gasteiger partial charge in [-0.1, -0.05) is 25.2 Å². The third-order valence-electron chi connectivity index (χ3n) is 1.64. The third-order valence-corrected chi connectivity index (χ3v) is 2.70. The van der Waals surface area contributed by atoms with E-state index in [1.54, 1.807) is 6.92 Å². The molecule has 1 atom stereocenters. The van der Waals surface area contributed by atoms with Crippen LogP contribution < -0.4 is 5.32 Å². The van der Waals surface area contributed by atoms with Gasteiger partial charge in [-0.25, -0.2) is 0 Å². The van der Waals surface area contributed by atoms with Crippen LogP contribution in [0.25, 0.3) is 0 Å². The van der Waals surface area contributed by atoms with E-state index in [-0.39, 0.29) is 5.91 Å². The molecule has 0 spiro atoms. The van der Waals surface area contributed by atoms with Gasteiger partial charge in [0.15, 0.2) is 0 Å². The van der Waals surface area contributed by atoms with Crippen LogP contribution in [0.1, 0.15) is 25.8 Å². The van der Waals surface area contributed by atoms with Crippen LogP contribution in [-0.4, -0.2) is 21.5 Å². The van der Waals surface area contributed by atoms with Crippen molar-refractivity contribution in [1.29, 1.82) is 0 Å². The summed E-state index contributed by atoms with van der Waals surface area (Å²) in [7, 11) is 0. The fraction of sp³-hybridized carbons (Fsp3) is 0.667. The summed E-state index contributed by atoms with van der Waals surface area (Å²) in [6, 6.07) is 0. The molecule has 1 rings (SSSR count). The molecule has 84 valence electrons. The summed E-state index contributed by atoms with van der Waals surface area (Å²) in [5.41, 5.74) is 0. The van der Waals surface area contributed by atoms with Crippen molar-refractivity contribution < 1.29 is 4.79 Å². The van der Waals surface area contributed by atoms with E-state index in [0.717, 1.165) is 11.4 Å². The van der Waals surface area contributed by atoms with Crippen molar-refractivity contribution in [2.45, 2.75) is 32.6 Å². The monoisotopic (exact) mass is 247 g/mol. The number of halogens is 1. The number of carbonyl (C=O) groups excluding carboxylic acids is 1. The van der Waals surface area contributed by atoms with Crippen LogP contribution in [0.5, 0.6) is 0 Å². The van der Waals surface area contributed by atoms with Gasteiger partial charge in [0.2, 0.25) is 11.0 Å². The molecule has 0 aliphatic rings. The molecule has 0 unspecified atom stereocenters. The molecule has 0 aliphatic heterocycles. The van der Waals surface area contributed by atoms with Gasteiger partial charge in [0.05, 0.1) is 0 Å². The number of anilines is 1. The van der Waals surface area contributed by atoms with Crippen LogP contribution in [0.2, 0.25) is 0 Å². The second kappa shape index (κ2) is 5.42. The van der Waals surface area contributed by atoms with E-state index in [1.807, 2.05) is 0 Å². The minimum Gasteiger partial charge on any atom is -0.299 e. The molecule has 1 amide bonds. The van der Waals surface area contributed by atoms with Crippen molar-refractivity contribution in [3.05, 3.63) is 5.01 Å². The first kappa shape index (κ1) is 12.4. The molecule has 1 N–H and O–H groups in total. The van der Waals surface area contributed by atoms with Gasteiger partial charge in [0.1, 0.15) is 10.4 Å². The fourth-order valence-corrected chi connectivity index (χ4v) is 1.95. The van der Waals surface area contributed by atoms with Gasteiger partial charge in [-0.15, -0.1) is 21.8 Å². The topological polar surface area (TPSA) is 54.9 Å². The normalized spacial score (nSPS) is 12.9. The summed E-state index contributed by atoms with van der Waals surface area (Å²) < 4.78 is 0. The Labute approximate surface area is 98.0 Å². The number of nitrogens with one attached hydrogen (secondary N) is 1. The maximum atomic E-state index is 11.2. The molecule has 1 heterocycles. The number of nitrogens with zero attached hydrogens (tertiary/aromatic N) is 2. The van der Waals surface area contributed by atoms with Crippen LogP contribution in [0, 0.1) is 5.92 Å². The Morgan fingerprint density at radius 3 is 2.67 bits per heavy atom. The highest BCUT2D eigenvalue weighted by atomic mass is 35.5. The highest BCUT2D eigenvalue weighted by molar-refractivity contribution is 7.15. The molecule has 0 aromatic carbocycles. The molecule has 15 heavy (non-hydrogen) atoms. The predicted octanol–water partition coefficient (Wildman–Crippen LogP) is 2.30. The van der Waals surface area contributed by atoms with Gasteiger partial charge >= 0.3 is 0 Å². The van der Waals surface area contributed by atoms with Crippen molar-refractivity contribution >= 4 is 34.0 Å². The average molecular weight is 248 g/mol. The summed E-state index contributed by atoms with van der Waals surface area (Å²) in [6.45, 7) is 5.84. The molecule has 0 saturated heterocycles. The predicted molar refractivity (Wildman–Crippen MR) is 62.4 cm³/mol. The summed E-state index contributed by atoms with van der Waals surface area (Å²) in [4.78, 5) is 11.2. The average Bonchev–Trinajstić information content (AvgIpc) is 2.51. The zero-order valence-corrected chi connectivity index (χ0v) is 10.5. The summed E-state index contributed by atoms with van der Waals surface area (Å²) in [5.74, 6) is 0.289. The van der Waals surface area contributed by atoms with Gasteiger partial charge in [-0.05, 0) is 12.8 Å². The first-order valence-electron chi connectivity index (χ1n) is 4.76. The molecule has 0 radical (unpaired) electrons. The Hall–Kier alpha value is -0.680. The molecular formula is C9H14ClN3OS. The number of hydrogen-bond acceptors (Lipinski definition) is 4. The van der Waals surface area contributed by atoms with E-state index in [1.165, 1.54) is 11.3 Å². The Balaban J connectivity index is 2.56. The number of hydrogen-bond donors (Lipinski definition) is 1. The van der Waals surface area contributed by atoms with Crippen LogP contribution >= 0.6 is 22.9 Å². The maximum Gasteiger partial charge on any atom is 0.243 e. The number of aromatic nitrogens is 2. The molecule has 0 saturated carbocycles. The standard InChI is InChI=1S/C9H14ClN3OS/c1-5(2)4-7-12-13-9(15-7)11-8(14)6(3)10/h5-6H,4H2,1-3H3,(H,11,13,14)/t6-/m1/s1. The smallest absolute Gasteiger partial charge is 0.243 e. The highest BCUT2D eigenvalue weighted by Crippen LogP contribution is 2.18. The second-order valence-corrected chi connectivity index (χ2v) is 5.42. The van der Waals surface area contributed by atoms with Crippen molar-refractivity contribution in [2.75, 3.05) is 5.32 Å². The quantitative estimate of drug-likeness (QED) is 0.831. The minimum absolute atomic E-state index is 0.246. The molecule has 6 heteroatoms. The Morgan fingerprint density at radius 2 is 2.13 bits per heavy atom. The van der Waals surface area contributed by atoms with Crippen molar-refractivity contribution in [2.24, 2.45) is 5.92 Å². The second-order valence-electron chi connectivity index (χ2n) is 3.70. The van der Waals surface area contributed by atoms with E-state index in [2.05, 4.69) is 29.4 Å². The number of amides is 1. The van der Waals surface area contributed by atoms with E-state index < -0.39 is 5.38 Å². The lowest BCUT2D eigenvalue weighted by atomic mass is 10.1. The number of rotatable bonds is 4. The SMILES string of the molecule is CC(C)Cc1nnc(NC(=O)[C@@H](C)Cl)s1. The number of alkyl halides is 1. The Morgan fingerprint density at radius 1 is 1.47 bits per heavy atom. The lowest BCUT2D eigenvalue weighted by Gasteiger charge is -2.01. The third kappa shape index (κ3) is 4.13. The molecule has 0 aliphatic carbocycles. The highest BCUT2D eigenvalue weighted by Gasteiger charge is 2.12. The van der Waals surface area contributed by atoms with E-state index in [9.17, 15) is 4.79 Å². The lowest BCUT2D eigenvalue weighted by Crippen LogP contribution is -2.20. The zero-order valence-electron chi connectivity index (χ0n) is 8.95. The fourth-order valence-electron chi connectivity index (χ4n) is 0.941. The minimum atomic E-state index is -0.553. The Kier molecular flexibility index (Phi) is 4.47. The van der Waals surface area contributed by atoms with Crippen LogP contribution in [-0.2, 0) is 11.2 Å². The maximum absolute atomic E-state index is 11.2. The largest absolute Gasteiger partial charge is 0.299 e. The molecule has 1 aromatic heterocycles. The molecule has 4 nitrogen and oxygen atoms in total. The summed E-state index contributed by atoms with van der Waals surface area (Å²) in [6.07, 6.45) is 0.879. The van der Waals surface area contributed by atoms with Crippen molar-refractivity contribution in [3.63, 3.8) is 0 Å². The van der Waals surface area contributed by atoms with Crippen molar-refractivity contribution in [1.82, 2.24) is 10.2 Å². The molecule has 1 aromatic rings. The van der Waals surface area contributed by atoms with E-state index >= 15 is 0 Å². The van der Waals surface area contributed by atoms with Gasteiger partial charge in [0, 0.05) is 6.42 Å². The summed E-state index contributed by atoms with van der Waals surface area (Å²) in [5, 5.41) is 11.4. The molecule has 0 fully saturated rings. The first-order valence-corrected chi connectivity index (χ1v) is 6.01. The molecular weight excluding hydrogens is 234 g/mol. The molecule has 0 bridgehead atoms. The van der Waals surface area contributed by atoms with Gasteiger partial charge in [-0.3, -0.25) is 10.1 Å². The zero-order chi connectivity index (χ0) is 11.4. The van der Waals surface area contributed by atoms with Gasteiger partial charge in [-0.2, -0.15) is 0 Å². The van der Waals surface area contributed by atoms with Crippen molar-refractivity contribution in [3.8, 4) is 0 Å². The first-order chi connectivity index (χ1) is 6.99.